The van der Waals surface area contributed by atoms with Crippen molar-refractivity contribution in [2.45, 2.75) is 39.7 Å². The Labute approximate surface area is 183 Å². The van der Waals surface area contributed by atoms with Crippen molar-refractivity contribution < 1.29 is 17.5 Å². The summed E-state index contributed by atoms with van der Waals surface area (Å²) in [4.78, 5) is 4.05. The van der Waals surface area contributed by atoms with E-state index in [-0.39, 0.29) is 23.5 Å². The van der Waals surface area contributed by atoms with Gasteiger partial charge in [-0.15, -0.1) is 0 Å². The Bertz CT molecular complexity index is 1130. The third-order valence-corrected chi connectivity index (χ3v) is 6.64. The summed E-state index contributed by atoms with van der Waals surface area (Å²) in [5.74, 6) is 0.0652. The summed E-state index contributed by atoms with van der Waals surface area (Å²) in [6.45, 7) is 7.83. The van der Waals surface area contributed by atoms with Gasteiger partial charge in [-0.25, -0.2) is 12.8 Å². The fourth-order valence-corrected chi connectivity index (χ4v) is 4.12. The number of benzene rings is 2. The molecule has 1 aromatic heterocycles. The highest BCUT2D eigenvalue weighted by Gasteiger charge is 2.21. The molecule has 0 radical (unpaired) electrons. The molecular weight excluding hydrogens is 415 g/mol. The van der Waals surface area contributed by atoms with Gasteiger partial charge in [-0.1, -0.05) is 32.9 Å². The van der Waals surface area contributed by atoms with Crippen LogP contribution < -0.4 is 9.04 Å². The molecule has 0 atom stereocenters. The van der Waals surface area contributed by atoms with Gasteiger partial charge in [0.05, 0.1) is 18.0 Å². The molecule has 0 N–H and O–H groups in total. The molecule has 0 aliphatic heterocycles. The Morgan fingerprint density at radius 1 is 1.06 bits per heavy atom. The normalized spacial score (nSPS) is 11.9. The van der Waals surface area contributed by atoms with E-state index in [2.05, 4.69) is 4.98 Å². The van der Waals surface area contributed by atoms with Gasteiger partial charge in [0.25, 0.3) is 0 Å². The standard InChI is InChI=1S/C24H27FN2O3S/c1-5-31(28,29)27(17-18-7-6-14-26-16-18)20-9-11-21(12-10-20)30-23-13-8-19(15-22(23)25)24(2,3)4/h6-16H,5,17H2,1-4H3. The number of ether oxygens (including phenoxy) is 1. The predicted octanol–water partition coefficient (Wildman–Crippen LogP) is 5.67. The van der Waals surface area contributed by atoms with Gasteiger partial charge < -0.3 is 4.74 Å². The summed E-state index contributed by atoms with van der Waals surface area (Å²) < 4.78 is 46.9. The zero-order valence-electron chi connectivity index (χ0n) is 18.2. The van der Waals surface area contributed by atoms with E-state index in [1.165, 1.54) is 10.4 Å². The minimum atomic E-state index is -3.50. The van der Waals surface area contributed by atoms with Crippen molar-refractivity contribution in [2.24, 2.45) is 0 Å². The van der Waals surface area contributed by atoms with Crippen LogP contribution in [0.3, 0.4) is 0 Å². The third-order valence-electron chi connectivity index (χ3n) is 4.90. The molecule has 3 rings (SSSR count). The van der Waals surface area contributed by atoms with Crippen LogP contribution in [0.4, 0.5) is 10.1 Å². The van der Waals surface area contributed by atoms with Gasteiger partial charge in [-0.05, 0) is 65.9 Å². The second-order valence-electron chi connectivity index (χ2n) is 8.26. The lowest BCUT2D eigenvalue weighted by molar-refractivity contribution is 0.439. The van der Waals surface area contributed by atoms with Crippen LogP contribution in [0.15, 0.2) is 67.0 Å². The van der Waals surface area contributed by atoms with Crippen molar-refractivity contribution >= 4 is 15.7 Å². The molecule has 164 valence electrons. The van der Waals surface area contributed by atoms with Crippen molar-refractivity contribution in [1.82, 2.24) is 4.98 Å². The molecule has 0 bridgehead atoms. The summed E-state index contributed by atoms with van der Waals surface area (Å²) in [5.41, 5.74) is 2.00. The van der Waals surface area contributed by atoms with Crippen molar-refractivity contribution in [3.05, 3.63) is 83.9 Å². The predicted molar refractivity (Wildman–Crippen MR) is 121 cm³/mol. The molecule has 0 aliphatic rings. The lowest BCUT2D eigenvalue weighted by Crippen LogP contribution is -2.31. The number of sulfonamides is 1. The fraction of sp³-hybridized carbons (Fsp3) is 0.292. The Kier molecular flexibility index (Phi) is 6.65. The summed E-state index contributed by atoms with van der Waals surface area (Å²) in [7, 11) is -3.50. The van der Waals surface area contributed by atoms with Crippen molar-refractivity contribution in [3.8, 4) is 11.5 Å². The van der Waals surface area contributed by atoms with Crippen molar-refractivity contribution in [3.63, 3.8) is 0 Å². The van der Waals surface area contributed by atoms with Gasteiger partial charge in [0.1, 0.15) is 5.75 Å². The number of halogens is 1. The molecule has 7 heteroatoms. The Balaban J connectivity index is 1.83. The van der Waals surface area contributed by atoms with E-state index in [0.717, 1.165) is 11.1 Å². The lowest BCUT2D eigenvalue weighted by atomic mass is 9.87. The first-order chi connectivity index (χ1) is 14.6. The molecule has 0 spiro atoms. The molecule has 0 amide bonds. The topological polar surface area (TPSA) is 59.5 Å². The molecule has 31 heavy (non-hydrogen) atoms. The fourth-order valence-electron chi connectivity index (χ4n) is 3.02. The highest BCUT2D eigenvalue weighted by molar-refractivity contribution is 7.92. The molecule has 0 saturated heterocycles. The smallest absolute Gasteiger partial charge is 0.235 e. The number of hydrogen-bond donors (Lipinski definition) is 0. The minimum Gasteiger partial charge on any atom is -0.454 e. The maximum Gasteiger partial charge on any atom is 0.235 e. The molecule has 3 aromatic rings. The van der Waals surface area contributed by atoms with Gasteiger partial charge in [0.15, 0.2) is 11.6 Å². The van der Waals surface area contributed by atoms with Crippen molar-refractivity contribution in [2.75, 3.05) is 10.1 Å². The molecule has 2 aromatic carbocycles. The molecule has 0 unspecified atom stereocenters. The Hall–Kier alpha value is -2.93. The van der Waals surface area contributed by atoms with E-state index in [4.69, 9.17) is 4.74 Å². The van der Waals surface area contributed by atoms with Gasteiger partial charge in [-0.2, -0.15) is 0 Å². The van der Waals surface area contributed by atoms with Crippen LogP contribution in [0.25, 0.3) is 0 Å². The zero-order valence-corrected chi connectivity index (χ0v) is 19.0. The highest BCUT2D eigenvalue weighted by atomic mass is 32.2. The van der Waals surface area contributed by atoms with Gasteiger partial charge >= 0.3 is 0 Å². The van der Waals surface area contributed by atoms with Crippen LogP contribution in [-0.2, 0) is 22.0 Å². The molecule has 5 nitrogen and oxygen atoms in total. The average molecular weight is 443 g/mol. The van der Waals surface area contributed by atoms with Crippen LogP contribution in [0, 0.1) is 5.82 Å². The third kappa shape index (κ3) is 5.61. The number of nitrogens with zero attached hydrogens (tertiary/aromatic N) is 2. The van der Waals surface area contributed by atoms with E-state index in [1.54, 1.807) is 55.7 Å². The zero-order chi connectivity index (χ0) is 22.6. The van der Waals surface area contributed by atoms with Crippen molar-refractivity contribution in [1.29, 1.82) is 0 Å². The summed E-state index contributed by atoms with van der Waals surface area (Å²) in [5, 5.41) is 0. The van der Waals surface area contributed by atoms with E-state index in [0.29, 0.717) is 11.4 Å². The lowest BCUT2D eigenvalue weighted by Gasteiger charge is -2.24. The second-order valence-corrected chi connectivity index (χ2v) is 10.4. The molecule has 0 fully saturated rings. The largest absolute Gasteiger partial charge is 0.454 e. The average Bonchev–Trinajstić information content (AvgIpc) is 2.74. The van der Waals surface area contributed by atoms with Crippen LogP contribution >= 0.6 is 0 Å². The maximum absolute atomic E-state index is 14.5. The molecular formula is C24H27FN2O3S. The van der Waals surface area contributed by atoms with E-state index < -0.39 is 15.8 Å². The quantitative estimate of drug-likeness (QED) is 0.473. The van der Waals surface area contributed by atoms with E-state index in [1.807, 2.05) is 32.9 Å². The minimum absolute atomic E-state index is 0.0309. The van der Waals surface area contributed by atoms with Gasteiger partial charge in [0.2, 0.25) is 10.0 Å². The Morgan fingerprint density at radius 2 is 1.77 bits per heavy atom. The van der Waals surface area contributed by atoms with Crippen LogP contribution in [-0.4, -0.2) is 19.2 Å². The number of rotatable bonds is 7. The van der Waals surface area contributed by atoms with Gasteiger partial charge in [-0.3, -0.25) is 9.29 Å². The summed E-state index contributed by atoms with van der Waals surface area (Å²) >= 11 is 0. The SMILES string of the molecule is CCS(=O)(=O)N(Cc1cccnc1)c1ccc(Oc2ccc(C(C)(C)C)cc2F)cc1. The summed E-state index contributed by atoms with van der Waals surface area (Å²) in [6.07, 6.45) is 3.28. The first kappa shape index (κ1) is 22.7. The molecule has 0 aliphatic carbocycles. The maximum atomic E-state index is 14.5. The van der Waals surface area contributed by atoms with E-state index in [9.17, 15) is 12.8 Å². The first-order valence-electron chi connectivity index (χ1n) is 10.1. The number of anilines is 1. The monoisotopic (exact) mass is 442 g/mol. The Morgan fingerprint density at radius 3 is 2.32 bits per heavy atom. The van der Waals surface area contributed by atoms with Crippen LogP contribution in [0.1, 0.15) is 38.8 Å². The van der Waals surface area contributed by atoms with Gasteiger partial charge in [0, 0.05) is 12.4 Å². The van der Waals surface area contributed by atoms with E-state index >= 15 is 0 Å². The number of pyridine rings is 1. The molecule has 0 saturated carbocycles. The second kappa shape index (κ2) is 9.06. The molecule has 1 heterocycles. The summed E-state index contributed by atoms with van der Waals surface area (Å²) in [6, 6.07) is 15.1. The van der Waals surface area contributed by atoms with Crippen LogP contribution in [0.2, 0.25) is 0 Å². The highest BCUT2D eigenvalue weighted by Crippen LogP contribution is 2.31. The number of hydrogen-bond acceptors (Lipinski definition) is 4. The number of aromatic nitrogens is 1. The first-order valence-corrected chi connectivity index (χ1v) is 11.7. The van der Waals surface area contributed by atoms with Crippen LogP contribution in [0.5, 0.6) is 11.5 Å².